The van der Waals surface area contributed by atoms with E-state index in [4.69, 9.17) is 4.74 Å². The molecule has 0 bridgehead atoms. The second-order valence-electron chi connectivity index (χ2n) is 6.11. The molecular weight excluding hydrogens is 396 g/mol. The second-order valence-corrected chi connectivity index (χ2v) is 8.15. The van der Waals surface area contributed by atoms with Crippen LogP contribution in [-0.2, 0) is 21.2 Å². The zero-order valence-electron chi connectivity index (χ0n) is 15.6. The molecule has 3 aromatic rings. The molecule has 2 N–H and O–H groups in total. The monoisotopic (exact) mass is 416 g/mol. The van der Waals surface area contributed by atoms with Gasteiger partial charge in [0.2, 0.25) is 10.0 Å². The number of hydrogen-bond donors (Lipinski definition) is 2. The van der Waals surface area contributed by atoms with E-state index < -0.39 is 15.9 Å². The van der Waals surface area contributed by atoms with Gasteiger partial charge in [0, 0.05) is 13.6 Å². The first kappa shape index (κ1) is 20.4. The minimum Gasteiger partial charge on any atom is -0.484 e. The van der Waals surface area contributed by atoms with E-state index in [1.165, 1.54) is 4.31 Å². The molecule has 0 aliphatic carbocycles. The Labute approximate surface area is 167 Å². The third-order valence-electron chi connectivity index (χ3n) is 4.03. The molecule has 0 atom stereocenters. The van der Waals surface area contributed by atoms with Crippen LogP contribution in [0, 0.1) is 0 Å². The Balaban J connectivity index is 1.53. The van der Waals surface area contributed by atoms with Crippen molar-refractivity contribution in [3.63, 3.8) is 0 Å². The summed E-state index contributed by atoms with van der Waals surface area (Å²) < 4.78 is 31.9. The molecule has 11 heteroatoms. The number of benzene rings is 2. The van der Waals surface area contributed by atoms with Crippen LogP contribution in [0.2, 0.25) is 0 Å². The van der Waals surface area contributed by atoms with Crippen LogP contribution < -0.4 is 10.1 Å². The number of rotatable bonds is 9. The lowest BCUT2D eigenvalue weighted by Gasteiger charge is -2.17. The highest BCUT2D eigenvalue weighted by atomic mass is 32.2. The number of aromatic nitrogens is 4. The SMILES string of the molecule is CN(CCc1cccc(OCC(=O)Nc2nn[nH]n2)c1)S(=O)(=O)c1ccccc1. The molecule has 1 heterocycles. The molecule has 0 fully saturated rings. The third kappa shape index (κ3) is 5.59. The number of hydrogen-bond acceptors (Lipinski definition) is 7. The number of carbonyl (C=O) groups excluding carboxylic acids is 1. The predicted molar refractivity (Wildman–Crippen MR) is 105 cm³/mol. The van der Waals surface area contributed by atoms with Crippen molar-refractivity contribution in [1.29, 1.82) is 0 Å². The number of sulfonamides is 1. The summed E-state index contributed by atoms with van der Waals surface area (Å²) in [6.45, 7) is 0.0826. The number of nitrogens with zero attached hydrogens (tertiary/aromatic N) is 4. The summed E-state index contributed by atoms with van der Waals surface area (Å²) in [4.78, 5) is 12.1. The summed E-state index contributed by atoms with van der Waals surface area (Å²) in [6, 6.07) is 15.4. The number of aromatic amines is 1. The highest BCUT2D eigenvalue weighted by Crippen LogP contribution is 2.17. The number of carbonyl (C=O) groups is 1. The molecule has 0 aliphatic rings. The number of anilines is 1. The Bertz CT molecular complexity index is 1040. The fourth-order valence-electron chi connectivity index (χ4n) is 2.49. The zero-order valence-corrected chi connectivity index (χ0v) is 16.5. The van der Waals surface area contributed by atoms with Gasteiger partial charge in [-0.3, -0.25) is 10.1 Å². The van der Waals surface area contributed by atoms with Crippen LogP contribution in [0.1, 0.15) is 5.56 Å². The summed E-state index contributed by atoms with van der Waals surface area (Å²) >= 11 is 0. The van der Waals surface area contributed by atoms with Crippen molar-refractivity contribution in [3.8, 4) is 5.75 Å². The van der Waals surface area contributed by atoms with E-state index >= 15 is 0 Å². The Hall–Kier alpha value is -3.31. The summed E-state index contributed by atoms with van der Waals surface area (Å²) in [5.41, 5.74) is 0.885. The van der Waals surface area contributed by atoms with E-state index in [1.54, 1.807) is 55.6 Å². The van der Waals surface area contributed by atoms with Crippen molar-refractivity contribution in [2.75, 3.05) is 25.5 Å². The van der Waals surface area contributed by atoms with Crippen LogP contribution in [0.25, 0.3) is 0 Å². The van der Waals surface area contributed by atoms with E-state index in [-0.39, 0.29) is 17.5 Å². The van der Waals surface area contributed by atoms with Gasteiger partial charge in [-0.25, -0.2) is 12.7 Å². The normalized spacial score (nSPS) is 11.4. The van der Waals surface area contributed by atoms with E-state index in [0.717, 1.165) is 5.56 Å². The maximum atomic E-state index is 12.6. The van der Waals surface area contributed by atoms with E-state index in [1.807, 2.05) is 6.07 Å². The number of ether oxygens (including phenoxy) is 1. The van der Waals surface area contributed by atoms with Gasteiger partial charge < -0.3 is 4.74 Å². The van der Waals surface area contributed by atoms with Gasteiger partial charge in [-0.15, -0.1) is 5.10 Å². The second kappa shape index (κ2) is 9.26. The van der Waals surface area contributed by atoms with Crippen LogP contribution in [-0.4, -0.2) is 59.5 Å². The Kier molecular flexibility index (Phi) is 6.52. The van der Waals surface area contributed by atoms with E-state index in [0.29, 0.717) is 18.7 Å². The summed E-state index contributed by atoms with van der Waals surface area (Å²) in [6.07, 6.45) is 0.495. The molecule has 10 nitrogen and oxygen atoms in total. The first-order chi connectivity index (χ1) is 13.9. The van der Waals surface area contributed by atoms with Crippen molar-refractivity contribution in [2.45, 2.75) is 11.3 Å². The molecule has 1 amide bonds. The maximum Gasteiger partial charge on any atom is 0.269 e. The smallest absolute Gasteiger partial charge is 0.269 e. The molecule has 0 aliphatic heterocycles. The third-order valence-corrected chi connectivity index (χ3v) is 5.90. The lowest BCUT2D eigenvalue weighted by molar-refractivity contribution is -0.118. The fourth-order valence-corrected chi connectivity index (χ4v) is 3.69. The molecule has 2 aromatic carbocycles. The molecule has 29 heavy (non-hydrogen) atoms. The van der Waals surface area contributed by atoms with E-state index in [2.05, 4.69) is 25.9 Å². The summed E-state index contributed by atoms with van der Waals surface area (Å²) in [5.74, 6) is 0.139. The minimum atomic E-state index is -3.54. The largest absolute Gasteiger partial charge is 0.484 e. The fraction of sp³-hybridized carbons (Fsp3) is 0.222. The quantitative estimate of drug-likeness (QED) is 0.534. The molecule has 0 spiro atoms. The van der Waals surface area contributed by atoms with Crippen molar-refractivity contribution in [3.05, 3.63) is 60.2 Å². The summed E-state index contributed by atoms with van der Waals surface area (Å²) in [7, 11) is -1.99. The molecule has 0 radical (unpaired) electrons. The van der Waals surface area contributed by atoms with Gasteiger partial charge in [0.15, 0.2) is 6.61 Å². The number of H-pyrrole nitrogens is 1. The average molecular weight is 416 g/mol. The Morgan fingerprint density at radius 1 is 1.17 bits per heavy atom. The minimum absolute atomic E-state index is 0.0648. The molecule has 0 saturated carbocycles. The molecule has 3 rings (SSSR count). The van der Waals surface area contributed by atoms with E-state index in [9.17, 15) is 13.2 Å². The first-order valence-corrected chi connectivity index (χ1v) is 10.2. The number of tetrazole rings is 1. The number of nitrogens with one attached hydrogen (secondary N) is 2. The van der Waals surface area contributed by atoms with Crippen LogP contribution >= 0.6 is 0 Å². The lowest BCUT2D eigenvalue weighted by Crippen LogP contribution is -2.29. The maximum absolute atomic E-state index is 12.6. The molecule has 152 valence electrons. The first-order valence-electron chi connectivity index (χ1n) is 8.71. The Morgan fingerprint density at radius 2 is 1.97 bits per heavy atom. The molecule has 0 unspecified atom stereocenters. The van der Waals surface area contributed by atoms with Gasteiger partial charge in [-0.1, -0.05) is 35.4 Å². The van der Waals surface area contributed by atoms with Crippen molar-refractivity contribution in [2.24, 2.45) is 0 Å². The number of amides is 1. The molecule has 0 saturated heterocycles. The van der Waals surface area contributed by atoms with Crippen LogP contribution in [0.3, 0.4) is 0 Å². The van der Waals surface area contributed by atoms with Gasteiger partial charge in [-0.05, 0) is 41.5 Å². The topological polar surface area (TPSA) is 130 Å². The van der Waals surface area contributed by atoms with Crippen molar-refractivity contribution >= 4 is 21.9 Å². The average Bonchev–Trinajstić information content (AvgIpc) is 3.24. The van der Waals surface area contributed by atoms with Gasteiger partial charge in [0.05, 0.1) is 4.90 Å². The molecular formula is C18H20N6O4S. The zero-order chi connectivity index (χ0) is 20.7. The van der Waals surface area contributed by atoms with Crippen molar-refractivity contribution in [1.82, 2.24) is 24.9 Å². The number of likely N-dealkylation sites (N-methyl/N-ethyl adjacent to an activating group) is 1. The van der Waals surface area contributed by atoms with Gasteiger partial charge in [0.25, 0.3) is 11.9 Å². The van der Waals surface area contributed by atoms with Crippen molar-refractivity contribution < 1.29 is 17.9 Å². The van der Waals surface area contributed by atoms with Crippen LogP contribution in [0.15, 0.2) is 59.5 Å². The standard InChI is InChI=1S/C18H20N6O4S/c1-24(29(26,27)16-8-3-2-4-9-16)11-10-14-6-5-7-15(12-14)28-13-17(25)19-18-20-22-23-21-18/h2-9,12H,10-11,13H2,1H3,(H2,19,20,21,22,23,25). The predicted octanol–water partition coefficient (Wildman–Crippen LogP) is 1.08. The van der Waals surface area contributed by atoms with Gasteiger partial charge in [0.1, 0.15) is 5.75 Å². The summed E-state index contributed by atoms with van der Waals surface area (Å²) in [5, 5.41) is 15.2. The highest BCUT2D eigenvalue weighted by molar-refractivity contribution is 7.89. The van der Waals surface area contributed by atoms with Crippen LogP contribution in [0.4, 0.5) is 5.95 Å². The highest BCUT2D eigenvalue weighted by Gasteiger charge is 2.19. The molecule has 1 aromatic heterocycles. The van der Waals surface area contributed by atoms with Gasteiger partial charge >= 0.3 is 0 Å². The van der Waals surface area contributed by atoms with Crippen LogP contribution in [0.5, 0.6) is 5.75 Å². The Morgan fingerprint density at radius 3 is 2.69 bits per heavy atom. The lowest BCUT2D eigenvalue weighted by atomic mass is 10.1. The van der Waals surface area contributed by atoms with Gasteiger partial charge in [-0.2, -0.15) is 5.21 Å².